The van der Waals surface area contributed by atoms with Crippen molar-refractivity contribution in [2.45, 2.75) is 25.8 Å². The zero-order valence-electron chi connectivity index (χ0n) is 10.4. The first-order valence-corrected chi connectivity index (χ1v) is 6.86. The monoisotopic (exact) mass is 278 g/mol. The fourth-order valence-electron chi connectivity index (χ4n) is 1.78. The highest BCUT2D eigenvalue weighted by atomic mass is 32.1. The molecule has 2 rings (SSSR count). The Bertz CT molecular complexity index is 609. The van der Waals surface area contributed by atoms with Crippen molar-refractivity contribution in [1.82, 2.24) is 10.3 Å². The number of carbonyl (C=O) groups is 2. The summed E-state index contributed by atoms with van der Waals surface area (Å²) in [6.07, 6.45) is 1.12. The molecule has 5 nitrogen and oxygen atoms in total. The van der Waals surface area contributed by atoms with Crippen LogP contribution in [0.15, 0.2) is 23.7 Å². The molecule has 0 unspecified atom stereocenters. The van der Waals surface area contributed by atoms with Gasteiger partial charge in [-0.3, -0.25) is 4.79 Å². The van der Waals surface area contributed by atoms with E-state index in [1.165, 1.54) is 11.3 Å². The number of nitrogens with one attached hydrogen (secondary N) is 1. The second-order valence-electron chi connectivity index (χ2n) is 4.19. The highest BCUT2D eigenvalue weighted by Gasteiger charge is 2.19. The van der Waals surface area contributed by atoms with Crippen LogP contribution in [0.5, 0.6) is 0 Å². The highest BCUT2D eigenvalue weighted by molar-refractivity contribution is 7.16. The molecule has 1 atom stereocenters. The maximum atomic E-state index is 12.0. The Balaban J connectivity index is 2.16. The Morgan fingerprint density at radius 3 is 2.95 bits per heavy atom. The van der Waals surface area contributed by atoms with Gasteiger partial charge in [0.25, 0.3) is 5.91 Å². The van der Waals surface area contributed by atoms with Crippen LogP contribution in [0.1, 0.15) is 30.1 Å². The SMILES string of the molecule is CCC[C@H](NC(=O)c1ccc2ncsc2c1)C(=O)O. The van der Waals surface area contributed by atoms with Crippen LogP contribution in [-0.4, -0.2) is 28.0 Å². The minimum absolute atomic E-state index is 0.365. The summed E-state index contributed by atoms with van der Waals surface area (Å²) in [5.41, 5.74) is 3.01. The van der Waals surface area contributed by atoms with Gasteiger partial charge in [-0.1, -0.05) is 13.3 Å². The first-order chi connectivity index (χ1) is 9.11. The molecule has 100 valence electrons. The summed E-state index contributed by atoms with van der Waals surface area (Å²) >= 11 is 1.45. The lowest BCUT2D eigenvalue weighted by Gasteiger charge is -2.13. The minimum atomic E-state index is -1.01. The van der Waals surface area contributed by atoms with E-state index in [0.717, 1.165) is 10.2 Å². The molecular weight excluding hydrogens is 264 g/mol. The van der Waals surface area contributed by atoms with Gasteiger partial charge in [-0.15, -0.1) is 11.3 Å². The lowest BCUT2D eigenvalue weighted by Crippen LogP contribution is -2.40. The number of carboxylic acids is 1. The highest BCUT2D eigenvalue weighted by Crippen LogP contribution is 2.19. The van der Waals surface area contributed by atoms with E-state index in [4.69, 9.17) is 5.11 Å². The third kappa shape index (κ3) is 3.08. The zero-order valence-corrected chi connectivity index (χ0v) is 11.2. The van der Waals surface area contributed by atoms with E-state index in [2.05, 4.69) is 10.3 Å². The van der Waals surface area contributed by atoms with Gasteiger partial charge >= 0.3 is 5.97 Å². The van der Waals surface area contributed by atoms with Crippen LogP contribution in [0, 0.1) is 0 Å². The fourth-order valence-corrected chi connectivity index (χ4v) is 2.50. The number of thiazole rings is 1. The van der Waals surface area contributed by atoms with Gasteiger partial charge in [0.15, 0.2) is 0 Å². The Morgan fingerprint density at radius 2 is 2.26 bits per heavy atom. The van der Waals surface area contributed by atoms with E-state index in [9.17, 15) is 9.59 Å². The van der Waals surface area contributed by atoms with Crippen molar-refractivity contribution in [3.63, 3.8) is 0 Å². The number of carbonyl (C=O) groups excluding carboxylic acids is 1. The topological polar surface area (TPSA) is 79.3 Å². The number of benzene rings is 1. The van der Waals surface area contributed by atoms with Gasteiger partial charge in [0.2, 0.25) is 0 Å². The van der Waals surface area contributed by atoms with Gasteiger partial charge in [0.1, 0.15) is 6.04 Å². The number of amides is 1. The summed E-state index contributed by atoms with van der Waals surface area (Å²) in [6, 6.07) is 4.31. The van der Waals surface area contributed by atoms with Gasteiger partial charge in [0.05, 0.1) is 15.7 Å². The summed E-state index contributed by atoms with van der Waals surface area (Å²) < 4.78 is 0.912. The first-order valence-electron chi connectivity index (χ1n) is 5.98. The summed E-state index contributed by atoms with van der Waals surface area (Å²) in [5, 5.41) is 11.6. The van der Waals surface area contributed by atoms with Crippen molar-refractivity contribution < 1.29 is 14.7 Å². The van der Waals surface area contributed by atoms with Crippen molar-refractivity contribution >= 4 is 33.4 Å². The molecule has 0 bridgehead atoms. The first kappa shape index (κ1) is 13.5. The summed E-state index contributed by atoms with van der Waals surface area (Å²) in [7, 11) is 0. The molecule has 2 N–H and O–H groups in total. The van der Waals surface area contributed by atoms with E-state index in [-0.39, 0.29) is 5.91 Å². The van der Waals surface area contributed by atoms with Crippen LogP contribution < -0.4 is 5.32 Å². The molecule has 0 saturated carbocycles. The quantitative estimate of drug-likeness (QED) is 0.879. The normalized spacial score (nSPS) is 12.3. The summed E-state index contributed by atoms with van der Waals surface area (Å²) in [4.78, 5) is 27.1. The molecule has 2 aromatic rings. The van der Waals surface area contributed by atoms with E-state index in [0.29, 0.717) is 18.4 Å². The van der Waals surface area contributed by atoms with Crippen molar-refractivity contribution in [1.29, 1.82) is 0 Å². The number of nitrogens with zero attached hydrogens (tertiary/aromatic N) is 1. The Kier molecular flexibility index (Phi) is 4.11. The fraction of sp³-hybridized carbons (Fsp3) is 0.308. The molecule has 1 amide bonds. The average molecular weight is 278 g/mol. The van der Waals surface area contributed by atoms with Crippen molar-refractivity contribution in [3.05, 3.63) is 29.3 Å². The molecule has 0 saturated heterocycles. The molecule has 1 aromatic heterocycles. The number of rotatable bonds is 5. The third-order valence-corrected chi connectivity index (χ3v) is 3.57. The maximum absolute atomic E-state index is 12.0. The largest absolute Gasteiger partial charge is 0.480 e. The van der Waals surface area contributed by atoms with Crippen molar-refractivity contribution in [2.24, 2.45) is 0 Å². The molecule has 0 fully saturated rings. The summed E-state index contributed by atoms with van der Waals surface area (Å²) in [6.45, 7) is 1.88. The lowest BCUT2D eigenvalue weighted by molar-refractivity contribution is -0.139. The molecular formula is C13H14N2O3S. The van der Waals surface area contributed by atoms with Crippen LogP contribution in [0.25, 0.3) is 10.2 Å². The number of aliphatic carboxylic acids is 1. The van der Waals surface area contributed by atoms with E-state index < -0.39 is 12.0 Å². The van der Waals surface area contributed by atoms with Crippen molar-refractivity contribution in [3.8, 4) is 0 Å². The standard InChI is InChI=1S/C13H14N2O3S/c1-2-3-10(13(17)18)15-12(16)8-4-5-9-11(6-8)19-7-14-9/h4-7,10H,2-3H2,1H3,(H,15,16)(H,17,18)/t10-/m0/s1. The minimum Gasteiger partial charge on any atom is -0.480 e. The van der Waals surface area contributed by atoms with Gasteiger partial charge in [-0.25, -0.2) is 9.78 Å². The number of hydrogen-bond acceptors (Lipinski definition) is 4. The molecule has 0 aliphatic rings. The Hall–Kier alpha value is -1.95. The second-order valence-corrected chi connectivity index (χ2v) is 5.07. The van der Waals surface area contributed by atoms with E-state index in [1.807, 2.05) is 6.92 Å². The zero-order chi connectivity index (χ0) is 13.8. The number of carboxylic acid groups (broad SMARTS) is 1. The maximum Gasteiger partial charge on any atom is 0.326 e. The Labute approximate surface area is 114 Å². The van der Waals surface area contributed by atoms with Crippen LogP contribution in [0.3, 0.4) is 0 Å². The van der Waals surface area contributed by atoms with Gasteiger partial charge < -0.3 is 10.4 Å². The smallest absolute Gasteiger partial charge is 0.326 e. The molecule has 19 heavy (non-hydrogen) atoms. The van der Waals surface area contributed by atoms with Crippen molar-refractivity contribution in [2.75, 3.05) is 0 Å². The van der Waals surface area contributed by atoms with Gasteiger partial charge in [-0.2, -0.15) is 0 Å². The van der Waals surface area contributed by atoms with Crippen LogP contribution in [0.4, 0.5) is 0 Å². The van der Waals surface area contributed by atoms with Crippen LogP contribution in [0.2, 0.25) is 0 Å². The number of fused-ring (bicyclic) bond motifs is 1. The Morgan fingerprint density at radius 1 is 1.47 bits per heavy atom. The predicted molar refractivity (Wildman–Crippen MR) is 73.4 cm³/mol. The molecule has 0 spiro atoms. The molecule has 0 radical (unpaired) electrons. The third-order valence-electron chi connectivity index (χ3n) is 2.77. The van der Waals surface area contributed by atoms with Gasteiger partial charge in [0, 0.05) is 5.56 Å². The average Bonchev–Trinajstić information content (AvgIpc) is 2.85. The van der Waals surface area contributed by atoms with E-state index in [1.54, 1.807) is 23.7 Å². The predicted octanol–water partition coefficient (Wildman–Crippen LogP) is 2.28. The molecule has 1 heterocycles. The molecule has 1 aromatic carbocycles. The van der Waals surface area contributed by atoms with Gasteiger partial charge in [-0.05, 0) is 24.6 Å². The number of aromatic nitrogens is 1. The van der Waals surface area contributed by atoms with Crippen LogP contribution >= 0.6 is 11.3 Å². The molecule has 0 aliphatic heterocycles. The summed E-state index contributed by atoms with van der Waals surface area (Å²) in [5.74, 6) is -1.37. The van der Waals surface area contributed by atoms with E-state index >= 15 is 0 Å². The lowest BCUT2D eigenvalue weighted by atomic mass is 10.1. The number of hydrogen-bond donors (Lipinski definition) is 2. The van der Waals surface area contributed by atoms with Crippen LogP contribution in [-0.2, 0) is 4.79 Å². The molecule has 0 aliphatic carbocycles. The second kappa shape index (κ2) is 5.79. The molecule has 6 heteroatoms.